The highest BCUT2D eigenvalue weighted by molar-refractivity contribution is 8.03. The van der Waals surface area contributed by atoms with E-state index in [1.807, 2.05) is 11.8 Å². The van der Waals surface area contributed by atoms with Crippen molar-refractivity contribution in [3.05, 3.63) is 98.9 Å². The minimum atomic E-state index is -1.75. The van der Waals surface area contributed by atoms with Crippen LogP contribution in [-0.4, -0.2) is 42.3 Å². The molecule has 52 heavy (non-hydrogen) atoms. The van der Waals surface area contributed by atoms with E-state index in [-0.39, 0.29) is 0 Å². The molecule has 0 aliphatic carbocycles. The van der Waals surface area contributed by atoms with E-state index < -0.39 is 5.09 Å². The van der Waals surface area contributed by atoms with E-state index in [0.717, 1.165) is 13.1 Å². The van der Waals surface area contributed by atoms with Crippen molar-refractivity contribution < 1.29 is 14.1 Å². The summed E-state index contributed by atoms with van der Waals surface area (Å²) in [6.45, 7) is 16.4. The summed E-state index contributed by atoms with van der Waals surface area (Å²) >= 11 is 1.92. The highest BCUT2D eigenvalue weighted by Crippen LogP contribution is 2.46. The van der Waals surface area contributed by atoms with Crippen LogP contribution >= 0.6 is 11.8 Å². The van der Waals surface area contributed by atoms with Crippen LogP contribution in [0.25, 0.3) is 17.0 Å². The lowest BCUT2D eigenvalue weighted by Gasteiger charge is -2.35. The van der Waals surface area contributed by atoms with Gasteiger partial charge in [-0.15, -0.1) is 0 Å². The van der Waals surface area contributed by atoms with Crippen LogP contribution in [0.1, 0.15) is 130 Å². The van der Waals surface area contributed by atoms with Crippen molar-refractivity contribution in [2.24, 2.45) is 0 Å². The Morgan fingerprint density at radius 2 is 1.29 bits per heavy atom. The van der Waals surface area contributed by atoms with Crippen LogP contribution in [0.3, 0.4) is 0 Å². The molecule has 0 fully saturated rings. The topological polar surface area (TPSA) is 73.3 Å². The highest BCUT2D eigenvalue weighted by Gasteiger charge is 2.24. The van der Waals surface area contributed by atoms with Crippen LogP contribution < -0.4 is 9.47 Å². The second-order valence-corrected chi connectivity index (χ2v) is 15.3. The molecule has 1 aromatic heterocycles. The lowest BCUT2D eigenvalue weighted by atomic mass is 10.0. The average Bonchev–Trinajstić information content (AvgIpc) is 3.51. The minimum Gasteiger partial charge on any atom is -0.356 e. The maximum Gasteiger partial charge on any atom is 0.213 e. The number of allylic oxidation sites excluding steroid dienone is 2. The first kappa shape index (κ1) is 43.0. The Morgan fingerprint density at radius 1 is 0.731 bits per heavy atom. The van der Waals surface area contributed by atoms with Gasteiger partial charge in [-0.1, -0.05) is 139 Å². The molecular weight excluding hydrogens is 665 g/mol. The quantitative estimate of drug-likeness (QED) is 0.0301. The molecule has 286 valence electrons. The van der Waals surface area contributed by atoms with Crippen molar-refractivity contribution in [3.8, 4) is 0 Å². The number of hydrogen-bond acceptors (Lipinski definition) is 5. The Labute approximate surface area is 319 Å². The van der Waals surface area contributed by atoms with Gasteiger partial charge in [-0.2, -0.15) is 4.57 Å². The largest absolute Gasteiger partial charge is 0.356 e. The standard InChI is InChI=1S/C44H67N3S.NO3/c1-5-9-10-11-12-13-14-15-16-17-18-19-20-25-36-46-42-31-23-24-32-43(42)48-44(46)33-26-28-39-34-37-45(41-30-22-21-29-40(39)41)35-27-38-47(6-2,7-3)8-4;2-1(3)4/h21-24,26,28-34,37H,5-20,25,27,35-36,38H2,1-4H3;/q+2;-1. The number of aromatic nitrogens is 1. The first-order valence-corrected chi connectivity index (χ1v) is 21.2. The summed E-state index contributed by atoms with van der Waals surface area (Å²) in [6, 6.07) is 20.2. The zero-order valence-corrected chi connectivity index (χ0v) is 33.6. The number of unbranched alkanes of at least 4 members (excludes halogenated alkanes) is 13. The number of hydrogen-bond donors (Lipinski definition) is 0. The smallest absolute Gasteiger partial charge is 0.213 e. The molecule has 8 heteroatoms. The van der Waals surface area contributed by atoms with Crippen molar-refractivity contribution >= 4 is 34.4 Å². The highest BCUT2D eigenvalue weighted by atomic mass is 32.2. The van der Waals surface area contributed by atoms with Gasteiger partial charge in [0.2, 0.25) is 5.52 Å². The SMILES string of the molecule is CCCCCCCCCCCCCCCCN1C(=CC=Cc2cc[n+](CCC[N+](CC)(CC)CC)c3ccccc23)Sc2ccccc21.O=[N+]([O-])[O-]. The van der Waals surface area contributed by atoms with E-state index in [1.54, 1.807) is 0 Å². The van der Waals surface area contributed by atoms with Crippen molar-refractivity contribution in [1.82, 2.24) is 0 Å². The van der Waals surface area contributed by atoms with E-state index in [1.165, 1.54) is 159 Å². The van der Waals surface area contributed by atoms with Gasteiger partial charge in [-0.05, 0) is 57.0 Å². The van der Waals surface area contributed by atoms with Crippen LogP contribution in [0, 0.1) is 15.3 Å². The summed E-state index contributed by atoms with van der Waals surface area (Å²) in [5, 5.41) is 17.4. The number of anilines is 1. The van der Waals surface area contributed by atoms with Gasteiger partial charge >= 0.3 is 0 Å². The molecule has 0 saturated heterocycles. The van der Waals surface area contributed by atoms with Crippen molar-refractivity contribution in [3.63, 3.8) is 0 Å². The van der Waals surface area contributed by atoms with Gasteiger partial charge in [0.15, 0.2) is 12.7 Å². The summed E-state index contributed by atoms with van der Waals surface area (Å²) in [5.74, 6) is 0. The molecule has 1 aliphatic rings. The summed E-state index contributed by atoms with van der Waals surface area (Å²) in [7, 11) is 0. The van der Waals surface area contributed by atoms with Gasteiger partial charge in [0.1, 0.15) is 0 Å². The molecule has 0 saturated carbocycles. The minimum absolute atomic E-state index is 1.07. The van der Waals surface area contributed by atoms with E-state index in [9.17, 15) is 0 Å². The first-order chi connectivity index (χ1) is 25.4. The molecule has 0 amide bonds. The average molecular weight is 732 g/mol. The fraction of sp³-hybridized carbons (Fsp3) is 0.568. The molecule has 0 radical (unpaired) electrons. The third-order valence-electron chi connectivity index (χ3n) is 10.9. The van der Waals surface area contributed by atoms with Crippen LogP contribution in [0.2, 0.25) is 0 Å². The van der Waals surface area contributed by atoms with E-state index in [4.69, 9.17) is 15.3 Å². The van der Waals surface area contributed by atoms with E-state index in [0.29, 0.717) is 0 Å². The fourth-order valence-electron chi connectivity index (χ4n) is 7.48. The zero-order valence-electron chi connectivity index (χ0n) is 32.8. The molecule has 1 aliphatic heterocycles. The van der Waals surface area contributed by atoms with Crippen LogP contribution in [0.5, 0.6) is 0 Å². The summed E-state index contributed by atoms with van der Waals surface area (Å²) in [5.41, 5.74) is 4.00. The van der Waals surface area contributed by atoms with Crippen molar-refractivity contribution in [1.29, 1.82) is 0 Å². The number of thioether (sulfide) groups is 1. The number of pyridine rings is 1. The predicted molar refractivity (Wildman–Crippen MR) is 223 cm³/mol. The number of rotatable bonds is 24. The molecular formula is C44H67N4O3S+. The second-order valence-electron chi connectivity index (χ2n) is 14.3. The first-order valence-electron chi connectivity index (χ1n) is 20.4. The van der Waals surface area contributed by atoms with Crippen LogP contribution in [0.15, 0.2) is 82.9 Å². The Bertz CT molecular complexity index is 1510. The third-order valence-corrected chi connectivity index (χ3v) is 12.0. The predicted octanol–water partition coefficient (Wildman–Crippen LogP) is 12.1. The lowest BCUT2D eigenvalue weighted by molar-refractivity contribution is -0.925. The molecule has 0 spiro atoms. The maximum absolute atomic E-state index is 8.25. The number of quaternary nitrogens is 1. The molecule has 2 heterocycles. The maximum atomic E-state index is 8.25. The molecule has 3 aromatic rings. The Kier molecular flexibility index (Phi) is 20.5. The molecule has 0 atom stereocenters. The Hall–Kier alpha value is -3.36. The second kappa shape index (κ2) is 24.8. The number of fused-ring (bicyclic) bond motifs is 2. The molecule has 0 unspecified atom stereocenters. The molecule has 0 N–H and O–H groups in total. The number of aryl methyl sites for hydroxylation is 1. The molecule has 0 bridgehead atoms. The summed E-state index contributed by atoms with van der Waals surface area (Å²) in [4.78, 5) is 12.2. The van der Waals surface area contributed by atoms with Gasteiger partial charge in [0, 0.05) is 23.6 Å². The van der Waals surface area contributed by atoms with Crippen molar-refractivity contribution in [2.75, 3.05) is 37.6 Å². The number of nitrogens with zero attached hydrogens (tertiary/aromatic N) is 4. The normalized spacial score (nSPS) is 13.5. The third kappa shape index (κ3) is 14.6. The van der Waals surface area contributed by atoms with Gasteiger partial charge in [0.25, 0.3) is 0 Å². The Balaban J connectivity index is 0.00000173. The van der Waals surface area contributed by atoms with Gasteiger partial charge in [-0.25, -0.2) is 0 Å². The number of benzene rings is 2. The van der Waals surface area contributed by atoms with Gasteiger partial charge in [-0.3, -0.25) is 0 Å². The molecule has 7 nitrogen and oxygen atoms in total. The van der Waals surface area contributed by atoms with Crippen LogP contribution in [0.4, 0.5) is 5.69 Å². The lowest BCUT2D eigenvalue weighted by Crippen LogP contribution is -2.49. The molecule has 2 aromatic carbocycles. The summed E-state index contributed by atoms with van der Waals surface area (Å²) in [6.07, 6.45) is 30.1. The van der Waals surface area contributed by atoms with Gasteiger partial charge < -0.3 is 24.7 Å². The van der Waals surface area contributed by atoms with Crippen LogP contribution in [-0.2, 0) is 6.54 Å². The zero-order chi connectivity index (χ0) is 37.4. The van der Waals surface area contributed by atoms with Crippen molar-refractivity contribution in [2.45, 2.75) is 135 Å². The Morgan fingerprint density at radius 3 is 1.90 bits per heavy atom. The van der Waals surface area contributed by atoms with Gasteiger partial charge in [0.05, 0.1) is 53.8 Å². The monoisotopic (exact) mass is 731 g/mol. The molecule has 4 rings (SSSR count). The van der Waals surface area contributed by atoms with E-state index >= 15 is 0 Å². The number of para-hydroxylation sites is 2. The fourth-order valence-corrected chi connectivity index (χ4v) is 8.58. The van der Waals surface area contributed by atoms with E-state index in [2.05, 4.69) is 116 Å². The summed E-state index contributed by atoms with van der Waals surface area (Å²) < 4.78 is 3.68.